The van der Waals surface area contributed by atoms with Gasteiger partial charge in [-0.2, -0.15) is 13.2 Å². The fourth-order valence-electron chi connectivity index (χ4n) is 2.86. The van der Waals surface area contributed by atoms with Gasteiger partial charge in [-0.25, -0.2) is 0 Å². The van der Waals surface area contributed by atoms with Crippen molar-refractivity contribution in [3.63, 3.8) is 0 Å². The number of halogens is 3. The largest absolute Gasteiger partial charge is 0.391 e. The maximum Gasteiger partial charge on any atom is 0.391 e. The zero-order valence-corrected chi connectivity index (χ0v) is 10.6. The lowest BCUT2D eigenvalue weighted by atomic mass is 9.85. The second-order valence-electron chi connectivity index (χ2n) is 6.39. The minimum Gasteiger partial charge on any atom is -0.314 e. The average molecular weight is 249 g/mol. The highest BCUT2D eigenvalue weighted by Crippen LogP contribution is 2.51. The van der Waals surface area contributed by atoms with Gasteiger partial charge < -0.3 is 5.32 Å². The first kappa shape index (κ1) is 13.2. The highest BCUT2D eigenvalue weighted by molar-refractivity contribution is 4.96. The third kappa shape index (κ3) is 3.36. The molecule has 2 aliphatic rings. The summed E-state index contributed by atoms with van der Waals surface area (Å²) in [5.74, 6) is -0.333. The Morgan fingerprint density at radius 2 is 1.65 bits per heavy atom. The summed E-state index contributed by atoms with van der Waals surface area (Å²) in [7, 11) is 0. The summed E-state index contributed by atoms with van der Waals surface area (Å²) in [5.41, 5.74) is 0.455. The minimum absolute atomic E-state index is 0.301. The molecule has 1 unspecified atom stereocenters. The van der Waals surface area contributed by atoms with Gasteiger partial charge in [0.15, 0.2) is 0 Å². The van der Waals surface area contributed by atoms with Crippen LogP contribution in [0.5, 0.6) is 0 Å². The molecule has 2 saturated carbocycles. The second kappa shape index (κ2) is 4.45. The molecule has 2 rings (SSSR count). The molecule has 1 N–H and O–H groups in total. The summed E-state index contributed by atoms with van der Waals surface area (Å²) in [6.45, 7) is 5.48. The van der Waals surface area contributed by atoms with Crippen LogP contribution < -0.4 is 5.32 Å². The zero-order valence-electron chi connectivity index (χ0n) is 10.6. The normalized spacial score (nSPS) is 36.9. The van der Waals surface area contributed by atoms with Gasteiger partial charge in [-0.1, -0.05) is 13.8 Å². The van der Waals surface area contributed by atoms with E-state index < -0.39 is 12.1 Å². The molecule has 2 fully saturated rings. The lowest BCUT2D eigenvalue weighted by Crippen LogP contribution is -2.38. The fourth-order valence-corrected chi connectivity index (χ4v) is 2.86. The molecule has 0 radical (unpaired) electrons. The number of hydrogen-bond donors (Lipinski definition) is 1. The van der Waals surface area contributed by atoms with Crippen LogP contribution in [0, 0.1) is 17.3 Å². The van der Waals surface area contributed by atoms with Crippen molar-refractivity contribution in [3.05, 3.63) is 0 Å². The molecule has 0 aromatic rings. The van der Waals surface area contributed by atoms with E-state index in [-0.39, 0.29) is 0 Å². The molecule has 1 nitrogen and oxygen atoms in total. The molecular formula is C13H22F3N. The van der Waals surface area contributed by atoms with E-state index in [4.69, 9.17) is 0 Å². The molecule has 17 heavy (non-hydrogen) atoms. The lowest BCUT2D eigenvalue weighted by Gasteiger charge is -2.30. The van der Waals surface area contributed by atoms with Crippen LogP contribution in [0.3, 0.4) is 0 Å². The quantitative estimate of drug-likeness (QED) is 0.803. The van der Waals surface area contributed by atoms with Crippen molar-refractivity contribution in [1.82, 2.24) is 5.32 Å². The Bertz CT molecular complexity index is 264. The maximum absolute atomic E-state index is 12.5. The Morgan fingerprint density at radius 1 is 1.12 bits per heavy atom. The Labute approximate surface area is 101 Å². The molecule has 0 bridgehead atoms. The van der Waals surface area contributed by atoms with E-state index in [1.54, 1.807) is 0 Å². The first-order valence-electron chi connectivity index (χ1n) is 6.59. The smallest absolute Gasteiger partial charge is 0.314 e. The molecular weight excluding hydrogens is 227 g/mol. The van der Waals surface area contributed by atoms with Gasteiger partial charge in [-0.05, 0) is 50.0 Å². The predicted molar refractivity (Wildman–Crippen MR) is 61.7 cm³/mol. The van der Waals surface area contributed by atoms with E-state index >= 15 is 0 Å². The van der Waals surface area contributed by atoms with Gasteiger partial charge in [0.25, 0.3) is 0 Å². The molecule has 1 atom stereocenters. The van der Waals surface area contributed by atoms with E-state index in [9.17, 15) is 13.2 Å². The summed E-state index contributed by atoms with van der Waals surface area (Å²) in [5, 5.41) is 3.44. The molecule has 0 aromatic carbocycles. The summed E-state index contributed by atoms with van der Waals surface area (Å²) in [6.07, 6.45) is -0.777. The predicted octanol–water partition coefficient (Wildman–Crippen LogP) is 3.74. The van der Waals surface area contributed by atoms with Crippen LogP contribution in [0.1, 0.15) is 46.0 Å². The summed E-state index contributed by atoms with van der Waals surface area (Å²) >= 11 is 0. The van der Waals surface area contributed by atoms with Crippen LogP contribution in [-0.4, -0.2) is 18.8 Å². The van der Waals surface area contributed by atoms with Gasteiger partial charge in [0.2, 0.25) is 0 Å². The Kier molecular flexibility index (Phi) is 3.45. The van der Waals surface area contributed by atoms with Crippen molar-refractivity contribution in [2.24, 2.45) is 17.3 Å². The topological polar surface area (TPSA) is 12.0 Å². The third-order valence-corrected chi connectivity index (χ3v) is 4.56. The standard InChI is InChI=1S/C13H22F3N/c1-12(2)7-10(12)8-17-11-5-3-9(4-6-11)13(14,15)16/h9-11,17H,3-8H2,1-2H3. The van der Waals surface area contributed by atoms with Crippen LogP contribution in [0.2, 0.25) is 0 Å². The van der Waals surface area contributed by atoms with Gasteiger partial charge in [-0.15, -0.1) is 0 Å². The maximum atomic E-state index is 12.5. The van der Waals surface area contributed by atoms with Crippen LogP contribution in [-0.2, 0) is 0 Å². The van der Waals surface area contributed by atoms with E-state index in [0.29, 0.717) is 37.1 Å². The lowest BCUT2D eigenvalue weighted by molar-refractivity contribution is -0.182. The highest BCUT2D eigenvalue weighted by Gasteiger charge is 2.45. The van der Waals surface area contributed by atoms with E-state index in [1.165, 1.54) is 6.42 Å². The Balaban J connectivity index is 1.66. The summed E-state index contributed by atoms with van der Waals surface area (Å²) < 4.78 is 37.4. The molecule has 0 amide bonds. The fraction of sp³-hybridized carbons (Fsp3) is 1.00. The van der Waals surface area contributed by atoms with Crippen molar-refractivity contribution in [1.29, 1.82) is 0 Å². The van der Waals surface area contributed by atoms with E-state index in [0.717, 1.165) is 12.5 Å². The van der Waals surface area contributed by atoms with Crippen molar-refractivity contribution >= 4 is 0 Å². The molecule has 0 aliphatic heterocycles. The first-order valence-corrected chi connectivity index (χ1v) is 6.59. The van der Waals surface area contributed by atoms with E-state index in [2.05, 4.69) is 19.2 Å². The summed E-state index contributed by atoms with van der Waals surface area (Å²) in [6, 6.07) is 0.310. The van der Waals surface area contributed by atoms with E-state index in [1.807, 2.05) is 0 Å². The Morgan fingerprint density at radius 3 is 2.06 bits per heavy atom. The molecule has 100 valence electrons. The van der Waals surface area contributed by atoms with Crippen molar-refractivity contribution in [3.8, 4) is 0 Å². The second-order valence-corrected chi connectivity index (χ2v) is 6.39. The van der Waals surface area contributed by atoms with Crippen molar-refractivity contribution < 1.29 is 13.2 Å². The molecule has 0 spiro atoms. The SMILES string of the molecule is CC1(C)CC1CNC1CCC(C(F)(F)F)CC1. The third-order valence-electron chi connectivity index (χ3n) is 4.56. The molecule has 2 aliphatic carbocycles. The molecule has 0 saturated heterocycles. The zero-order chi connectivity index (χ0) is 12.7. The van der Waals surface area contributed by atoms with Gasteiger partial charge in [0, 0.05) is 6.04 Å². The molecule has 4 heteroatoms. The molecule has 0 heterocycles. The van der Waals surface area contributed by atoms with Crippen LogP contribution in [0.25, 0.3) is 0 Å². The summed E-state index contributed by atoms with van der Waals surface area (Å²) in [4.78, 5) is 0. The van der Waals surface area contributed by atoms with Gasteiger partial charge in [0.1, 0.15) is 0 Å². The highest BCUT2D eigenvalue weighted by atomic mass is 19.4. The first-order chi connectivity index (χ1) is 7.79. The van der Waals surface area contributed by atoms with Crippen molar-refractivity contribution in [2.75, 3.05) is 6.54 Å². The number of hydrogen-bond acceptors (Lipinski definition) is 1. The minimum atomic E-state index is -3.98. The monoisotopic (exact) mass is 249 g/mol. The molecule has 0 aromatic heterocycles. The average Bonchev–Trinajstić information content (AvgIpc) is 2.83. The number of rotatable bonds is 3. The van der Waals surface area contributed by atoms with Crippen LogP contribution >= 0.6 is 0 Å². The Hall–Kier alpha value is -0.250. The van der Waals surface area contributed by atoms with Crippen LogP contribution in [0.4, 0.5) is 13.2 Å². The number of nitrogens with one attached hydrogen (secondary N) is 1. The van der Waals surface area contributed by atoms with Gasteiger partial charge in [-0.3, -0.25) is 0 Å². The van der Waals surface area contributed by atoms with Crippen LogP contribution in [0.15, 0.2) is 0 Å². The van der Waals surface area contributed by atoms with Gasteiger partial charge in [0.05, 0.1) is 5.92 Å². The number of alkyl halides is 3. The van der Waals surface area contributed by atoms with Crippen molar-refractivity contribution in [2.45, 2.75) is 58.2 Å². The van der Waals surface area contributed by atoms with Gasteiger partial charge >= 0.3 is 6.18 Å².